The van der Waals surface area contributed by atoms with Crippen LogP contribution >= 0.6 is 0 Å². The molecular weight excluding hydrogens is 266 g/mol. The quantitative estimate of drug-likeness (QED) is 0.829. The van der Waals surface area contributed by atoms with E-state index in [9.17, 15) is 4.79 Å². The minimum absolute atomic E-state index is 0.119. The summed E-state index contributed by atoms with van der Waals surface area (Å²) in [5, 5.41) is 8.64. The zero-order valence-corrected chi connectivity index (χ0v) is 12.3. The number of nitriles is 1. The lowest BCUT2D eigenvalue weighted by Gasteiger charge is -2.19. The van der Waals surface area contributed by atoms with E-state index in [4.69, 9.17) is 15.7 Å². The number of carbonyl (C=O) groups is 1. The molecule has 5 heteroatoms. The number of hydrogen-bond acceptors (Lipinski definition) is 4. The molecular formula is C16H19N3O2. The van der Waals surface area contributed by atoms with Gasteiger partial charge in [0.2, 0.25) is 0 Å². The van der Waals surface area contributed by atoms with E-state index in [-0.39, 0.29) is 12.5 Å². The average Bonchev–Trinajstić information content (AvgIpc) is 2.53. The van der Waals surface area contributed by atoms with E-state index < -0.39 is 0 Å². The highest BCUT2D eigenvalue weighted by atomic mass is 16.5. The summed E-state index contributed by atoms with van der Waals surface area (Å²) in [5.74, 6) is 6.13. The molecule has 1 amide bonds. The molecule has 0 unspecified atom stereocenters. The van der Waals surface area contributed by atoms with Gasteiger partial charge in [0, 0.05) is 18.7 Å². The van der Waals surface area contributed by atoms with Gasteiger partial charge in [0.15, 0.2) is 0 Å². The molecule has 0 aliphatic carbocycles. The van der Waals surface area contributed by atoms with Crippen LogP contribution in [0.25, 0.3) is 0 Å². The Morgan fingerprint density at radius 2 is 2.24 bits per heavy atom. The van der Waals surface area contributed by atoms with Crippen LogP contribution in [-0.2, 0) is 0 Å². The number of amides is 1. The summed E-state index contributed by atoms with van der Waals surface area (Å²) in [7, 11) is 1.55. The van der Waals surface area contributed by atoms with Gasteiger partial charge in [-0.2, -0.15) is 5.26 Å². The number of hydrogen-bond donors (Lipinski definition) is 1. The molecule has 0 heterocycles. The minimum atomic E-state index is -0.119. The predicted octanol–water partition coefficient (Wildman–Crippen LogP) is 1.38. The van der Waals surface area contributed by atoms with E-state index >= 15 is 0 Å². The lowest BCUT2D eigenvalue weighted by atomic mass is 10.1. The normalized spacial score (nSPS) is 9.24. The smallest absolute Gasteiger partial charge is 0.253 e. The van der Waals surface area contributed by atoms with E-state index in [0.29, 0.717) is 36.4 Å². The summed E-state index contributed by atoms with van der Waals surface area (Å²) in [6, 6.07) is 7.15. The standard InChI is InChI=1S/C16H19N3O2/c1-3-19(11-5-10-18)16(20)14-7-8-15(21-2)13(12-14)6-4-9-17/h7-8,12H,3,5,9,11,17H2,1-2H3. The lowest BCUT2D eigenvalue weighted by molar-refractivity contribution is 0.0767. The third-order valence-electron chi connectivity index (χ3n) is 2.93. The van der Waals surface area contributed by atoms with Gasteiger partial charge in [-0.15, -0.1) is 0 Å². The highest BCUT2D eigenvalue weighted by Gasteiger charge is 2.15. The molecule has 0 aromatic heterocycles. The average molecular weight is 285 g/mol. The van der Waals surface area contributed by atoms with E-state index in [1.54, 1.807) is 30.2 Å². The molecule has 0 spiro atoms. The molecule has 0 fully saturated rings. The molecule has 0 bridgehead atoms. The van der Waals surface area contributed by atoms with Gasteiger partial charge in [-0.3, -0.25) is 4.79 Å². The summed E-state index contributed by atoms with van der Waals surface area (Å²) in [5.41, 5.74) is 6.52. The third kappa shape index (κ3) is 4.52. The van der Waals surface area contributed by atoms with Crippen LogP contribution < -0.4 is 10.5 Å². The molecule has 0 saturated heterocycles. The zero-order valence-electron chi connectivity index (χ0n) is 12.3. The number of ether oxygens (including phenoxy) is 1. The van der Waals surface area contributed by atoms with Crippen LogP contribution in [0.2, 0.25) is 0 Å². The maximum absolute atomic E-state index is 12.4. The SMILES string of the molecule is CCN(CCC#N)C(=O)c1ccc(OC)c(C#CCN)c1. The molecule has 1 aromatic rings. The van der Waals surface area contributed by atoms with E-state index in [2.05, 4.69) is 11.8 Å². The number of nitrogens with zero attached hydrogens (tertiary/aromatic N) is 2. The fraction of sp³-hybridized carbons (Fsp3) is 0.375. The van der Waals surface area contributed by atoms with Crippen molar-refractivity contribution >= 4 is 5.91 Å². The minimum Gasteiger partial charge on any atom is -0.495 e. The Labute approximate surface area is 125 Å². The second-order valence-corrected chi connectivity index (χ2v) is 4.21. The summed E-state index contributed by atoms with van der Waals surface area (Å²) in [6.07, 6.45) is 0.315. The van der Waals surface area contributed by atoms with Crippen molar-refractivity contribution in [2.24, 2.45) is 5.73 Å². The van der Waals surface area contributed by atoms with Crippen LogP contribution in [0.5, 0.6) is 5.75 Å². The van der Waals surface area contributed by atoms with Crippen molar-refractivity contribution in [1.82, 2.24) is 4.90 Å². The zero-order chi connectivity index (χ0) is 15.7. The molecule has 0 aliphatic heterocycles. The Bertz CT molecular complexity index is 594. The van der Waals surface area contributed by atoms with Gasteiger partial charge in [-0.05, 0) is 25.1 Å². The van der Waals surface area contributed by atoms with Crippen molar-refractivity contribution in [2.45, 2.75) is 13.3 Å². The highest BCUT2D eigenvalue weighted by Crippen LogP contribution is 2.20. The first-order valence-corrected chi connectivity index (χ1v) is 6.71. The fourth-order valence-electron chi connectivity index (χ4n) is 1.86. The molecule has 0 saturated carbocycles. The van der Waals surface area contributed by atoms with Crippen LogP contribution in [0.15, 0.2) is 18.2 Å². The molecule has 1 aromatic carbocycles. The molecule has 2 N–H and O–H groups in total. The summed E-state index contributed by atoms with van der Waals surface area (Å²) >= 11 is 0. The van der Waals surface area contributed by atoms with Crippen molar-refractivity contribution in [3.63, 3.8) is 0 Å². The van der Waals surface area contributed by atoms with Gasteiger partial charge in [0.05, 0.1) is 31.7 Å². The Balaban J connectivity index is 3.07. The van der Waals surface area contributed by atoms with Crippen molar-refractivity contribution in [3.8, 4) is 23.7 Å². The second kappa shape index (κ2) is 8.63. The van der Waals surface area contributed by atoms with Gasteiger partial charge in [0.25, 0.3) is 5.91 Å². The first kappa shape index (κ1) is 16.6. The topological polar surface area (TPSA) is 79.3 Å². The number of methoxy groups -OCH3 is 1. The molecule has 5 nitrogen and oxygen atoms in total. The van der Waals surface area contributed by atoms with Gasteiger partial charge in [-0.1, -0.05) is 11.8 Å². The highest BCUT2D eigenvalue weighted by molar-refractivity contribution is 5.94. The van der Waals surface area contributed by atoms with E-state index in [1.807, 2.05) is 13.0 Å². The lowest BCUT2D eigenvalue weighted by Crippen LogP contribution is -2.31. The monoisotopic (exact) mass is 285 g/mol. The summed E-state index contributed by atoms with van der Waals surface area (Å²) < 4.78 is 5.22. The van der Waals surface area contributed by atoms with Gasteiger partial charge in [-0.25, -0.2) is 0 Å². The van der Waals surface area contributed by atoms with Crippen LogP contribution in [0.3, 0.4) is 0 Å². The van der Waals surface area contributed by atoms with E-state index in [0.717, 1.165) is 0 Å². The maximum atomic E-state index is 12.4. The molecule has 1 rings (SSSR count). The Hall–Kier alpha value is -2.50. The van der Waals surface area contributed by atoms with Gasteiger partial charge < -0.3 is 15.4 Å². The van der Waals surface area contributed by atoms with Crippen molar-refractivity contribution in [3.05, 3.63) is 29.3 Å². The van der Waals surface area contributed by atoms with Crippen LogP contribution in [0.4, 0.5) is 0 Å². The van der Waals surface area contributed by atoms with Gasteiger partial charge in [0.1, 0.15) is 5.75 Å². The predicted molar refractivity (Wildman–Crippen MR) is 80.7 cm³/mol. The number of nitrogens with two attached hydrogens (primary N) is 1. The first-order valence-electron chi connectivity index (χ1n) is 6.71. The van der Waals surface area contributed by atoms with Crippen molar-refractivity contribution < 1.29 is 9.53 Å². The largest absolute Gasteiger partial charge is 0.495 e. The van der Waals surface area contributed by atoms with Crippen LogP contribution in [0, 0.1) is 23.2 Å². The van der Waals surface area contributed by atoms with Crippen molar-refractivity contribution in [2.75, 3.05) is 26.7 Å². The van der Waals surface area contributed by atoms with Crippen LogP contribution in [-0.4, -0.2) is 37.6 Å². The van der Waals surface area contributed by atoms with Gasteiger partial charge >= 0.3 is 0 Å². The van der Waals surface area contributed by atoms with Crippen molar-refractivity contribution in [1.29, 1.82) is 5.26 Å². The molecule has 0 atom stereocenters. The van der Waals surface area contributed by atoms with Crippen LogP contribution in [0.1, 0.15) is 29.3 Å². The first-order chi connectivity index (χ1) is 10.2. The fourth-order valence-corrected chi connectivity index (χ4v) is 1.86. The second-order valence-electron chi connectivity index (χ2n) is 4.21. The van der Waals surface area contributed by atoms with E-state index in [1.165, 1.54) is 0 Å². The molecule has 110 valence electrons. The third-order valence-corrected chi connectivity index (χ3v) is 2.93. The molecule has 0 aliphatic rings. The molecule has 21 heavy (non-hydrogen) atoms. The summed E-state index contributed by atoms with van der Waals surface area (Å²) in [6.45, 7) is 3.09. The maximum Gasteiger partial charge on any atom is 0.253 e. The Morgan fingerprint density at radius 3 is 2.81 bits per heavy atom. The number of carbonyl (C=O) groups excluding carboxylic acids is 1. The molecule has 0 radical (unpaired) electrons. The number of benzene rings is 1. The Morgan fingerprint density at radius 1 is 1.48 bits per heavy atom. The summed E-state index contributed by atoms with van der Waals surface area (Å²) in [4.78, 5) is 14.0. The number of rotatable bonds is 5. The Kier molecular flexibility index (Phi) is 6.80.